The van der Waals surface area contributed by atoms with Gasteiger partial charge in [0.1, 0.15) is 5.15 Å². The van der Waals surface area contributed by atoms with Crippen LogP contribution >= 0.6 is 11.6 Å². The number of nitrogens with zero attached hydrogens (tertiary/aromatic N) is 4. The number of rotatable bonds is 3. The molecule has 0 aliphatic heterocycles. The summed E-state index contributed by atoms with van der Waals surface area (Å²) in [7, 11) is 1.81. The standard InChI is InChI=1S/C14H12ClN5O/c1-20-8-9(6-17-20)4-14(21)18-10-2-3-11-12(5-10)16-7-13(15)19-11/h2-3,5-8H,4H2,1H3,(H,18,21). The predicted molar refractivity (Wildman–Crippen MR) is 80.1 cm³/mol. The van der Waals surface area contributed by atoms with Crippen LogP contribution in [0.2, 0.25) is 5.15 Å². The number of anilines is 1. The van der Waals surface area contributed by atoms with Gasteiger partial charge in [-0.3, -0.25) is 14.5 Å². The van der Waals surface area contributed by atoms with E-state index in [1.54, 1.807) is 29.1 Å². The van der Waals surface area contributed by atoms with Gasteiger partial charge in [0.25, 0.3) is 0 Å². The van der Waals surface area contributed by atoms with Gasteiger partial charge in [-0.05, 0) is 23.8 Å². The molecule has 6 nitrogen and oxygen atoms in total. The molecule has 106 valence electrons. The van der Waals surface area contributed by atoms with Crippen LogP contribution in [0.3, 0.4) is 0 Å². The summed E-state index contributed by atoms with van der Waals surface area (Å²) in [4.78, 5) is 20.3. The highest BCUT2D eigenvalue weighted by Crippen LogP contribution is 2.17. The summed E-state index contributed by atoms with van der Waals surface area (Å²) in [6.45, 7) is 0. The van der Waals surface area contributed by atoms with Crippen LogP contribution in [-0.4, -0.2) is 25.7 Å². The first kappa shape index (κ1) is 13.5. The molecule has 7 heteroatoms. The van der Waals surface area contributed by atoms with Crippen molar-refractivity contribution in [1.29, 1.82) is 0 Å². The Morgan fingerprint density at radius 2 is 2.19 bits per heavy atom. The van der Waals surface area contributed by atoms with Gasteiger partial charge in [0.2, 0.25) is 5.91 Å². The number of aromatic nitrogens is 4. The second-order valence-corrected chi connectivity index (χ2v) is 5.03. The molecule has 1 amide bonds. The molecule has 0 saturated heterocycles. The molecule has 3 aromatic rings. The van der Waals surface area contributed by atoms with E-state index in [4.69, 9.17) is 11.6 Å². The highest BCUT2D eigenvalue weighted by atomic mass is 35.5. The molecule has 0 bridgehead atoms. The zero-order valence-corrected chi connectivity index (χ0v) is 12.0. The molecule has 21 heavy (non-hydrogen) atoms. The molecular formula is C14H12ClN5O. The number of hydrogen-bond acceptors (Lipinski definition) is 4. The number of aryl methyl sites for hydroxylation is 1. The lowest BCUT2D eigenvalue weighted by Crippen LogP contribution is -2.14. The van der Waals surface area contributed by atoms with Gasteiger partial charge < -0.3 is 5.32 Å². The summed E-state index contributed by atoms with van der Waals surface area (Å²) in [5.41, 5.74) is 2.90. The summed E-state index contributed by atoms with van der Waals surface area (Å²) in [6, 6.07) is 5.31. The minimum absolute atomic E-state index is 0.107. The molecule has 0 saturated carbocycles. The number of nitrogens with one attached hydrogen (secondary N) is 1. The quantitative estimate of drug-likeness (QED) is 0.805. The van der Waals surface area contributed by atoms with Crippen molar-refractivity contribution in [2.75, 3.05) is 5.32 Å². The maximum Gasteiger partial charge on any atom is 0.228 e. The monoisotopic (exact) mass is 301 g/mol. The van der Waals surface area contributed by atoms with E-state index in [-0.39, 0.29) is 12.3 Å². The molecule has 1 N–H and O–H groups in total. The summed E-state index contributed by atoms with van der Waals surface area (Å²) in [5, 5.41) is 7.20. The highest BCUT2D eigenvalue weighted by molar-refractivity contribution is 6.29. The van der Waals surface area contributed by atoms with Gasteiger partial charge in [-0.2, -0.15) is 5.10 Å². The molecule has 0 aliphatic carbocycles. The minimum Gasteiger partial charge on any atom is -0.326 e. The number of amides is 1. The van der Waals surface area contributed by atoms with Crippen molar-refractivity contribution in [3.8, 4) is 0 Å². The van der Waals surface area contributed by atoms with E-state index in [0.717, 1.165) is 5.56 Å². The average molecular weight is 302 g/mol. The molecular weight excluding hydrogens is 290 g/mol. The van der Waals surface area contributed by atoms with E-state index in [1.165, 1.54) is 6.20 Å². The second kappa shape index (κ2) is 5.49. The Hall–Kier alpha value is -2.47. The Morgan fingerprint density at radius 3 is 2.95 bits per heavy atom. The number of fused-ring (bicyclic) bond motifs is 1. The molecule has 0 fully saturated rings. The lowest BCUT2D eigenvalue weighted by molar-refractivity contribution is -0.115. The van der Waals surface area contributed by atoms with Crippen molar-refractivity contribution in [2.45, 2.75) is 6.42 Å². The molecule has 0 aliphatic rings. The van der Waals surface area contributed by atoms with E-state index < -0.39 is 0 Å². The molecule has 1 aromatic carbocycles. The lowest BCUT2D eigenvalue weighted by atomic mass is 10.2. The van der Waals surface area contributed by atoms with Gasteiger partial charge in [-0.25, -0.2) is 4.98 Å². The van der Waals surface area contributed by atoms with E-state index >= 15 is 0 Å². The van der Waals surface area contributed by atoms with E-state index in [1.807, 2.05) is 13.2 Å². The average Bonchev–Trinajstić information content (AvgIpc) is 2.84. The zero-order valence-electron chi connectivity index (χ0n) is 11.2. The zero-order chi connectivity index (χ0) is 14.8. The van der Waals surface area contributed by atoms with Gasteiger partial charge in [-0.15, -0.1) is 0 Å². The Labute approximate surface area is 125 Å². The molecule has 3 rings (SSSR count). The van der Waals surface area contributed by atoms with Crippen LogP contribution in [0, 0.1) is 0 Å². The summed E-state index contributed by atoms with van der Waals surface area (Å²) in [6.07, 6.45) is 5.24. The van der Waals surface area contributed by atoms with Gasteiger partial charge >= 0.3 is 0 Å². The topological polar surface area (TPSA) is 72.7 Å². The van der Waals surface area contributed by atoms with Crippen LogP contribution in [0.4, 0.5) is 5.69 Å². The first-order chi connectivity index (χ1) is 10.1. The molecule has 0 unspecified atom stereocenters. The fourth-order valence-electron chi connectivity index (χ4n) is 2.02. The van der Waals surface area contributed by atoms with Gasteiger partial charge in [0, 0.05) is 18.9 Å². The molecule has 0 atom stereocenters. The third-order valence-corrected chi connectivity index (χ3v) is 3.10. The fraction of sp³-hybridized carbons (Fsp3) is 0.143. The van der Waals surface area contributed by atoms with Crippen molar-refractivity contribution in [3.05, 3.63) is 47.5 Å². The van der Waals surface area contributed by atoms with Crippen LogP contribution in [0.25, 0.3) is 11.0 Å². The molecule has 0 spiro atoms. The van der Waals surface area contributed by atoms with Crippen LogP contribution in [0.15, 0.2) is 36.8 Å². The Morgan fingerprint density at radius 1 is 1.33 bits per heavy atom. The van der Waals surface area contributed by atoms with Crippen LogP contribution in [0.5, 0.6) is 0 Å². The van der Waals surface area contributed by atoms with Gasteiger partial charge in [-0.1, -0.05) is 11.6 Å². The van der Waals surface area contributed by atoms with Crippen molar-refractivity contribution >= 4 is 34.2 Å². The Balaban J connectivity index is 1.75. The van der Waals surface area contributed by atoms with Crippen molar-refractivity contribution in [3.63, 3.8) is 0 Å². The highest BCUT2D eigenvalue weighted by Gasteiger charge is 2.07. The normalized spacial score (nSPS) is 10.8. The van der Waals surface area contributed by atoms with Crippen molar-refractivity contribution in [1.82, 2.24) is 19.7 Å². The van der Waals surface area contributed by atoms with Gasteiger partial charge in [0.15, 0.2) is 0 Å². The van der Waals surface area contributed by atoms with E-state index in [9.17, 15) is 4.79 Å². The third-order valence-electron chi connectivity index (χ3n) is 2.92. The van der Waals surface area contributed by atoms with Crippen molar-refractivity contribution < 1.29 is 4.79 Å². The largest absolute Gasteiger partial charge is 0.326 e. The van der Waals surface area contributed by atoms with Crippen LogP contribution in [0.1, 0.15) is 5.56 Å². The van der Waals surface area contributed by atoms with Crippen LogP contribution < -0.4 is 5.32 Å². The first-order valence-electron chi connectivity index (χ1n) is 6.30. The van der Waals surface area contributed by atoms with Gasteiger partial charge in [0.05, 0.1) is 29.8 Å². The summed E-state index contributed by atoms with van der Waals surface area (Å²) in [5.74, 6) is -0.107. The Bertz CT molecular complexity index is 814. The number of halogens is 1. The molecule has 2 aromatic heterocycles. The number of carbonyl (C=O) groups excluding carboxylic acids is 1. The Kier molecular flexibility index (Phi) is 3.53. The first-order valence-corrected chi connectivity index (χ1v) is 6.67. The van der Waals surface area contributed by atoms with Crippen LogP contribution in [-0.2, 0) is 18.3 Å². The number of hydrogen-bond donors (Lipinski definition) is 1. The summed E-state index contributed by atoms with van der Waals surface area (Å²) >= 11 is 5.78. The molecule has 2 heterocycles. The number of carbonyl (C=O) groups is 1. The number of benzene rings is 1. The van der Waals surface area contributed by atoms with Crippen molar-refractivity contribution in [2.24, 2.45) is 7.05 Å². The third kappa shape index (κ3) is 3.17. The van der Waals surface area contributed by atoms with E-state index in [2.05, 4.69) is 20.4 Å². The van der Waals surface area contributed by atoms with E-state index in [0.29, 0.717) is 21.9 Å². The maximum atomic E-state index is 12.0. The second-order valence-electron chi connectivity index (χ2n) is 4.64. The fourth-order valence-corrected chi connectivity index (χ4v) is 2.16. The lowest BCUT2D eigenvalue weighted by Gasteiger charge is -2.05. The maximum absolute atomic E-state index is 12.0. The molecule has 0 radical (unpaired) electrons. The SMILES string of the molecule is Cn1cc(CC(=O)Nc2ccc3nc(Cl)cnc3c2)cn1. The predicted octanol–water partition coefficient (Wildman–Crippen LogP) is 2.20. The minimum atomic E-state index is -0.107. The smallest absolute Gasteiger partial charge is 0.228 e. The summed E-state index contributed by atoms with van der Waals surface area (Å²) < 4.78 is 1.66.